The van der Waals surface area contributed by atoms with E-state index in [0.29, 0.717) is 0 Å². The van der Waals surface area contributed by atoms with Gasteiger partial charge in [-0.25, -0.2) is 0 Å². The molecule has 1 rings (SSSR count). The Kier molecular flexibility index (Phi) is 4.40. The molecule has 0 aliphatic carbocycles. The summed E-state index contributed by atoms with van der Waals surface area (Å²) in [6.45, 7) is 5.37. The summed E-state index contributed by atoms with van der Waals surface area (Å²) in [6.07, 6.45) is 6.48. The van der Waals surface area contributed by atoms with Crippen molar-refractivity contribution < 1.29 is 9.53 Å². The number of hydrogen-bond acceptors (Lipinski definition) is 2. The monoisotopic (exact) mass is 195 g/mol. The zero-order valence-corrected chi connectivity index (χ0v) is 8.66. The highest BCUT2D eigenvalue weighted by molar-refractivity contribution is 5.92. The van der Waals surface area contributed by atoms with Crippen molar-refractivity contribution in [3.05, 3.63) is 24.4 Å². The topological polar surface area (TPSA) is 29.5 Å². The van der Waals surface area contributed by atoms with Gasteiger partial charge in [-0.15, -0.1) is 0 Å². The Morgan fingerprint density at radius 3 is 2.71 bits per heavy atom. The van der Waals surface area contributed by atoms with Crippen LogP contribution in [0.25, 0.3) is 0 Å². The van der Waals surface area contributed by atoms with Gasteiger partial charge in [0.25, 0.3) is 5.91 Å². The SMILES string of the molecule is C=C1C=CC(=O)N1CCCCCOC. The van der Waals surface area contributed by atoms with E-state index in [0.717, 1.165) is 38.1 Å². The molecule has 1 heterocycles. The van der Waals surface area contributed by atoms with Crippen molar-refractivity contribution in [1.82, 2.24) is 4.90 Å². The molecule has 3 nitrogen and oxygen atoms in total. The Bertz CT molecular complexity index is 228. The summed E-state index contributed by atoms with van der Waals surface area (Å²) in [4.78, 5) is 13.0. The zero-order valence-electron chi connectivity index (χ0n) is 8.66. The summed E-state index contributed by atoms with van der Waals surface area (Å²) >= 11 is 0. The third-order valence-corrected chi connectivity index (χ3v) is 2.26. The van der Waals surface area contributed by atoms with Crippen molar-refractivity contribution in [2.75, 3.05) is 20.3 Å². The van der Waals surface area contributed by atoms with Crippen LogP contribution in [0, 0.1) is 0 Å². The molecule has 0 aromatic heterocycles. The minimum absolute atomic E-state index is 0.0572. The molecule has 78 valence electrons. The predicted octanol–water partition coefficient (Wildman–Crippen LogP) is 1.72. The molecule has 0 saturated heterocycles. The number of methoxy groups -OCH3 is 1. The lowest BCUT2D eigenvalue weighted by molar-refractivity contribution is -0.123. The van der Waals surface area contributed by atoms with Crippen LogP contribution in [0.5, 0.6) is 0 Å². The summed E-state index contributed by atoms with van der Waals surface area (Å²) in [5.74, 6) is 0.0572. The van der Waals surface area contributed by atoms with Crippen LogP contribution in [0.1, 0.15) is 19.3 Å². The molecule has 0 N–H and O–H groups in total. The second kappa shape index (κ2) is 5.60. The number of amides is 1. The van der Waals surface area contributed by atoms with Crippen molar-refractivity contribution in [3.63, 3.8) is 0 Å². The molecule has 0 radical (unpaired) electrons. The van der Waals surface area contributed by atoms with Crippen molar-refractivity contribution >= 4 is 5.91 Å². The average Bonchev–Trinajstić information content (AvgIpc) is 2.48. The van der Waals surface area contributed by atoms with Crippen LogP contribution in [0.3, 0.4) is 0 Å². The Hall–Kier alpha value is -1.09. The first-order valence-corrected chi connectivity index (χ1v) is 4.93. The molecule has 0 aromatic carbocycles. The average molecular weight is 195 g/mol. The Labute approximate surface area is 85.0 Å². The quantitative estimate of drug-likeness (QED) is 0.604. The van der Waals surface area contributed by atoms with E-state index in [-0.39, 0.29) is 5.91 Å². The van der Waals surface area contributed by atoms with Crippen LogP contribution in [0.2, 0.25) is 0 Å². The fourth-order valence-corrected chi connectivity index (χ4v) is 1.44. The van der Waals surface area contributed by atoms with Crippen LogP contribution in [-0.2, 0) is 9.53 Å². The largest absolute Gasteiger partial charge is 0.385 e. The molecule has 0 saturated carbocycles. The number of rotatable bonds is 6. The minimum atomic E-state index is 0.0572. The maximum atomic E-state index is 11.3. The van der Waals surface area contributed by atoms with Gasteiger partial charge in [-0.05, 0) is 25.3 Å². The maximum absolute atomic E-state index is 11.3. The van der Waals surface area contributed by atoms with E-state index in [1.807, 2.05) is 0 Å². The number of nitrogens with zero attached hydrogens (tertiary/aromatic N) is 1. The van der Waals surface area contributed by atoms with E-state index >= 15 is 0 Å². The molecule has 14 heavy (non-hydrogen) atoms. The Balaban J connectivity index is 2.13. The van der Waals surface area contributed by atoms with Gasteiger partial charge >= 0.3 is 0 Å². The zero-order chi connectivity index (χ0) is 10.4. The summed E-state index contributed by atoms with van der Waals surface area (Å²) in [5, 5.41) is 0. The molecule has 1 aliphatic rings. The van der Waals surface area contributed by atoms with E-state index < -0.39 is 0 Å². The lowest BCUT2D eigenvalue weighted by Crippen LogP contribution is -2.24. The second-order valence-corrected chi connectivity index (χ2v) is 3.37. The molecule has 0 unspecified atom stereocenters. The highest BCUT2D eigenvalue weighted by atomic mass is 16.5. The van der Waals surface area contributed by atoms with Crippen LogP contribution in [0.15, 0.2) is 24.4 Å². The first-order valence-electron chi connectivity index (χ1n) is 4.93. The van der Waals surface area contributed by atoms with Crippen LogP contribution >= 0.6 is 0 Å². The fourth-order valence-electron chi connectivity index (χ4n) is 1.44. The molecule has 0 spiro atoms. The first kappa shape index (κ1) is 11.0. The summed E-state index contributed by atoms with van der Waals surface area (Å²) in [6, 6.07) is 0. The smallest absolute Gasteiger partial charge is 0.251 e. The molecule has 0 fully saturated rings. The first-order chi connectivity index (χ1) is 6.75. The van der Waals surface area contributed by atoms with E-state index in [1.165, 1.54) is 0 Å². The van der Waals surface area contributed by atoms with Crippen LogP contribution in [0.4, 0.5) is 0 Å². The molecule has 1 amide bonds. The molecular formula is C11H17NO2. The number of allylic oxidation sites excluding steroid dienone is 1. The number of hydrogen-bond donors (Lipinski definition) is 0. The van der Waals surface area contributed by atoms with Crippen molar-refractivity contribution in [2.45, 2.75) is 19.3 Å². The van der Waals surface area contributed by atoms with E-state index in [9.17, 15) is 4.79 Å². The van der Waals surface area contributed by atoms with Gasteiger partial charge in [-0.3, -0.25) is 4.79 Å². The second-order valence-electron chi connectivity index (χ2n) is 3.37. The van der Waals surface area contributed by atoms with Gasteiger partial charge in [0.1, 0.15) is 0 Å². The van der Waals surface area contributed by atoms with Gasteiger partial charge in [0.15, 0.2) is 0 Å². The number of carbonyl (C=O) groups excluding carboxylic acids is 1. The summed E-state index contributed by atoms with van der Waals surface area (Å²) in [7, 11) is 1.70. The summed E-state index contributed by atoms with van der Waals surface area (Å²) < 4.78 is 4.95. The number of unbranched alkanes of at least 4 members (excludes halogenated alkanes) is 2. The Morgan fingerprint density at radius 1 is 1.36 bits per heavy atom. The van der Waals surface area contributed by atoms with Crippen molar-refractivity contribution in [1.29, 1.82) is 0 Å². The molecule has 0 bridgehead atoms. The van der Waals surface area contributed by atoms with Crippen molar-refractivity contribution in [3.8, 4) is 0 Å². The highest BCUT2D eigenvalue weighted by Crippen LogP contribution is 2.13. The van der Waals surface area contributed by atoms with Gasteiger partial charge in [0.05, 0.1) is 0 Å². The van der Waals surface area contributed by atoms with E-state index in [4.69, 9.17) is 4.74 Å². The standard InChI is InChI=1S/C11H17NO2/c1-10-6-7-11(13)12(10)8-4-3-5-9-14-2/h6-7H,1,3-5,8-9H2,2H3. The third kappa shape index (κ3) is 3.00. The van der Waals surface area contributed by atoms with Crippen LogP contribution in [-0.4, -0.2) is 31.1 Å². The van der Waals surface area contributed by atoms with Gasteiger partial charge in [-0.2, -0.15) is 0 Å². The van der Waals surface area contributed by atoms with E-state index in [2.05, 4.69) is 6.58 Å². The number of ether oxygens (including phenoxy) is 1. The van der Waals surface area contributed by atoms with Gasteiger partial charge in [-0.1, -0.05) is 6.58 Å². The fraction of sp³-hybridized carbons (Fsp3) is 0.545. The summed E-state index contributed by atoms with van der Waals surface area (Å²) in [5.41, 5.74) is 0.807. The lowest BCUT2D eigenvalue weighted by atomic mass is 10.2. The molecular weight excluding hydrogens is 178 g/mol. The maximum Gasteiger partial charge on any atom is 0.251 e. The van der Waals surface area contributed by atoms with E-state index in [1.54, 1.807) is 24.2 Å². The normalized spacial score (nSPS) is 15.6. The Morgan fingerprint density at radius 2 is 2.14 bits per heavy atom. The van der Waals surface area contributed by atoms with Crippen LogP contribution < -0.4 is 0 Å². The van der Waals surface area contributed by atoms with Crippen molar-refractivity contribution in [2.24, 2.45) is 0 Å². The minimum Gasteiger partial charge on any atom is -0.385 e. The predicted molar refractivity (Wildman–Crippen MR) is 55.7 cm³/mol. The highest BCUT2D eigenvalue weighted by Gasteiger charge is 2.17. The van der Waals surface area contributed by atoms with Gasteiger partial charge < -0.3 is 9.64 Å². The number of carbonyl (C=O) groups is 1. The molecule has 1 aliphatic heterocycles. The molecule has 0 aromatic rings. The third-order valence-electron chi connectivity index (χ3n) is 2.26. The molecule has 3 heteroatoms. The molecule has 0 atom stereocenters. The van der Waals surface area contributed by atoms with Gasteiger partial charge in [0, 0.05) is 32.0 Å². The lowest BCUT2D eigenvalue weighted by Gasteiger charge is -2.16. The van der Waals surface area contributed by atoms with Gasteiger partial charge in [0.2, 0.25) is 0 Å².